The maximum absolute atomic E-state index is 12.7. The third-order valence-corrected chi connectivity index (χ3v) is 6.36. The highest BCUT2D eigenvalue weighted by Gasteiger charge is 2.16. The van der Waals surface area contributed by atoms with Gasteiger partial charge in [0.05, 0.1) is 17.5 Å². The second kappa shape index (κ2) is 10.9. The minimum atomic E-state index is -0.312. The molecule has 0 saturated carbocycles. The summed E-state index contributed by atoms with van der Waals surface area (Å²) in [5.41, 5.74) is 1.97. The largest absolute Gasteiger partial charge is 0.492 e. The summed E-state index contributed by atoms with van der Waals surface area (Å²) in [7, 11) is 0. The van der Waals surface area contributed by atoms with E-state index in [1.54, 1.807) is 0 Å². The Morgan fingerprint density at radius 2 is 1.56 bits per heavy atom. The molecule has 0 saturated heterocycles. The Labute approximate surface area is 203 Å². The van der Waals surface area contributed by atoms with Crippen LogP contribution in [-0.2, 0) is 4.79 Å². The number of fused-ring (bicyclic) bond motifs is 1. The Kier molecular flexibility index (Phi) is 7.50. The summed E-state index contributed by atoms with van der Waals surface area (Å²) in [6.45, 7) is 4.30. The molecule has 6 heteroatoms. The molecule has 2 N–H and O–H groups in total. The normalized spacial score (nSPS) is 11.6. The van der Waals surface area contributed by atoms with Gasteiger partial charge in [-0.3, -0.25) is 9.59 Å². The third kappa shape index (κ3) is 5.77. The highest BCUT2D eigenvalue weighted by molar-refractivity contribution is 8.00. The molecule has 0 spiro atoms. The Balaban J connectivity index is 1.35. The fourth-order valence-corrected chi connectivity index (χ4v) is 4.36. The molecule has 4 aromatic carbocycles. The van der Waals surface area contributed by atoms with Crippen LogP contribution in [0, 0.1) is 0 Å². The lowest BCUT2D eigenvalue weighted by molar-refractivity contribution is -0.115. The lowest BCUT2D eigenvalue weighted by atomic mass is 10.1. The molecule has 0 fully saturated rings. The fraction of sp³-hybridized carbons (Fsp3) is 0.143. The van der Waals surface area contributed by atoms with Crippen molar-refractivity contribution in [3.8, 4) is 5.75 Å². The van der Waals surface area contributed by atoms with Gasteiger partial charge in [-0.15, -0.1) is 11.8 Å². The van der Waals surface area contributed by atoms with E-state index >= 15 is 0 Å². The maximum Gasteiger partial charge on any atom is 0.255 e. The second-order valence-corrected chi connectivity index (χ2v) is 9.13. The Hall–Kier alpha value is -3.77. The van der Waals surface area contributed by atoms with Crippen LogP contribution < -0.4 is 15.4 Å². The summed E-state index contributed by atoms with van der Waals surface area (Å²) < 4.78 is 5.58. The van der Waals surface area contributed by atoms with Gasteiger partial charge in [0.15, 0.2) is 0 Å². The summed E-state index contributed by atoms with van der Waals surface area (Å²) in [4.78, 5) is 26.3. The van der Waals surface area contributed by atoms with Crippen LogP contribution in [0.2, 0.25) is 0 Å². The minimum Gasteiger partial charge on any atom is -0.492 e. The molecule has 5 nitrogen and oxygen atoms in total. The average molecular weight is 471 g/mol. The average Bonchev–Trinajstić information content (AvgIpc) is 2.86. The van der Waals surface area contributed by atoms with Gasteiger partial charge in [0.25, 0.3) is 5.91 Å². The van der Waals surface area contributed by atoms with Crippen molar-refractivity contribution in [1.29, 1.82) is 0 Å². The number of thioether (sulfide) groups is 1. The lowest BCUT2D eigenvalue weighted by Crippen LogP contribution is -2.22. The molecule has 4 rings (SSSR count). The smallest absolute Gasteiger partial charge is 0.255 e. The SMILES string of the molecule is CCOc1ccccc1NC(=O)C(C)Sc1ccc(NC(=O)c2ccc3ccccc3c2)cc1. The van der Waals surface area contributed by atoms with Crippen molar-refractivity contribution in [2.45, 2.75) is 24.0 Å². The number of hydrogen-bond donors (Lipinski definition) is 2. The molecule has 2 amide bonds. The van der Waals surface area contributed by atoms with Gasteiger partial charge in [0, 0.05) is 16.1 Å². The fourth-order valence-electron chi connectivity index (χ4n) is 3.49. The number of para-hydroxylation sites is 2. The van der Waals surface area contributed by atoms with Crippen molar-refractivity contribution in [2.75, 3.05) is 17.2 Å². The number of rotatable bonds is 8. The van der Waals surface area contributed by atoms with Crippen molar-refractivity contribution in [3.05, 3.63) is 96.6 Å². The Morgan fingerprint density at radius 1 is 0.853 bits per heavy atom. The number of benzene rings is 4. The quantitative estimate of drug-likeness (QED) is 0.284. The van der Waals surface area contributed by atoms with E-state index in [2.05, 4.69) is 10.6 Å². The van der Waals surface area contributed by atoms with E-state index in [9.17, 15) is 9.59 Å². The van der Waals surface area contributed by atoms with Crippen molar-refractivity contribution >= 4 is 45.7 Å². The summed E-state index contributed by atoms with van der Waals surface area (Å²) in [5.74, 6) is 0.389. The first-order chi connectivity index (χ1) is 16.5. The van der Waals surface area contributed by atoms with E-state index in [1.807, 2.05) is 105 Å². The standard InChI is InChI=1S/C28H26N2O3S/c1-3-33-26-11-7-6-10-25(26)30-27(31)19(2)34-24-16-14-23(15-17-24)29-28(32)22-13-12-20-8-4-5-9-21(20)18-22/h4-19H,3H2,1-2H3,(H,29,32)(H,30,31). The molecule has 172 valence electrons. The third-order valence-electron chi connectivity index (χ3n) is 5.25. The number of anilines is 2. The topological polar surface area (TPSA) is 67.4 Å². The van der Waals surface area contributed by atoms with E-state index in [0.29, 0.717) is 29.3 Å². The van der Waals surface area contributed by atoms with Crippen LogP contribution in [0.15, 0.2) is 95.9 Å². The first-order valence-electron chi connectivity index (χ1n) is 11.1. The zero-order chi connectivity index (χ0) is 23.9. The lowest BCUT2D eigenvalue weighted by Gasteiger charge is -2.15. The highest BCUT2D eigenvalue weighted by atomic mass is 32.2. The van der Waals surface area contributed by atoms with E-state index in [-0.39, 0.29) is 17.1 Å². The molecule has 4 aromatic rings. The van der Waals surface area contributed by atoms with E-state index in [0.717, 1.165) is 15.7 Å². The van der Waals surface area contributed by atoms with Crippen LogP contribution in [-0.4, -0.2) is 23.7 Å². The number of hydrogen-bond acceptors (Lipinski definition) is 4. The van der Waals surface area contributed by atoms with E-state index < -0.39 is 0 Å². The van der Waals surface area contributed by atoms with Crippen LogP contribution >= 0.6 is 11.8 Å². The van der Waals surface area contributed by atoms with Crippen LogP contribution in [0.3, 0.4) is 0 Å². The molecular formula is C28H26N2O3S. The van der Waals surface area contributed by atoms with Gasteiger partial charge in [0.2, 0.25) is 5.91 Å². The first-order valence-corrected chi connectivity index (χ1v) is 12.0. The number of carbonyl (C=O) groups is 2. The molecular weight excluding hydrogens is 444 g/mol. The molecule has 0 aliphatic carbocycles. The van der Waals surface area contributed by atoms with Crippen LogP contribution in [0.1, 0.15) is 24.2 Å². The van der Waals surface area contributed by atoms with E-state index in [4.69, 9.17) is 4.74 Å². The van der Waals surface area contributed by atoms with Gasteiger partial charge in [-0.2, -0.15) is 0 Å². The van der Waals surface area contributed by atoms with E-state index in [1.165, 1.54) is 11.8 Å². The first kappa shape index (κ1) is 23.4. The van der Waals surface area contributed by atoms with Gasteiger partial charge in [0.1, 0.15) is 5.75 Å². The molecule has 0 bridgehead atoms. The zero-order valence-electron chi connectivity index (χ0n) is 19.1. The summed E-state index contributed by atoms with van der Waals surface area (Å²) in [6, 6.07) is 28.5. The van der Waals surface area contributed by atoms with Crippen molar-refractivity contribution < 1.29 is 14.3 Å². The van der Waals surface area contributed by atoms with Crippen LogP contribution in [0.4, 0.5) is 11.4 Å². The van der Waals surface area contributed by atoms with Gasteiger partial charge in [-0.05, 0) is 73.2 Å². The second-order valence-electron chi connectivity index (χ2n) is 7.72. The molecule has 0 aliphatic rings. The van der Waals surface area contributed by atoms with Gasteiger partial charge < -0.3 is 15.4 Å². The summed E-state index contributed by atoms with van der Waals surface area (Å²) in [5, 5.41) is 7.69. The van der Waals surface area contributed by atoms with Gasteiger partial charge in [-0.25, -0.2) is 0 Å². The van der Waals surface area contributed by atoms with Crippen LogP contribution in [0.5, 0.6) is 5.75 Å². The summed E-state index contributed by atoms with van der Waals surface area (Å²) in [6.07, 6.45) is 0. The number of amides is 2. The predicted octanol–water partition coefficient (Wildman–Crippen LogP) is 6.61. The molecule has 0 radical (unpaired) electrons. The molecule has 1 unspecified atom stereocenters. The predicted molar refractivity (Wildman–Crippen MR) is 140 cm³/mol. The Bertz CT molecular complexity index is 1300. The van der Waals surface area contributed by atoms with Gasteiger partial charge in [-0.1, -0.05) is 42.5 Å². The molecule has 0 aromatic heterocycles. The monoisotopic (exact) mass is 470 g/mol. The Morgan fingerprint density at radius 3 is 2.32 bits per heavy atom. The molecule has 0 aliphatic heterocycles. The molecule has 0 heterocycles. The van der Waals surface area contributed by atoms with Crippen molar-refractivity contribution in [2.24, 2.45) is 0 Å². The number of carbonyl (C=O) groups excluding carboxylic acids is 2. The van der Waals surface area contributed by atoms with Crippen molar-refractivity contribution in [1.82, 2.24) is 0 Å². The highest BCUT2D eigenvalue weighted by Crippen LogP contribution is 2.28. The number of ether oxygens (including phenoxy) is 1. The van der Waals surface area contributed by atoms with Crippen LogP contribution in [0.25, 0.3) is 10.8 Å². The number of nitrogens with one attached hydrogen (secondary N) is 2. The zero-order valence-corrected chi connectivity index (χ0v) is 19.9. The minimum absolute atomic E-state index is 0.106. The maximum atomic E-state index is 12.7. The van der Waals surface area contributed by atoms with Crippen molar-refractivity contribution in [3.63, 3.8) is 0 Å². The van der Waals surface area contributed by atoms with Gasteiger partial charge >= 0.3 is 0 Å². The molecule has 34 heavy (non-hydrogen) atoms. The summed E-state index contributed by atoms with van der Waals surface area (Å²) >= 11 is 1.45. The molecule has 1 atom stereocenters.